The van der Waals surface area contributed by atoms with E-state index >= 15 is 0 Å². The van der Waals surface area contributed by atoms with E-state index in [-0.39, 0.29) is 41.7 Å². The van der Waals surface area contributed by atoms with Gasteiger partial charge in [0.25, 0.3) is 10.1 Å². The molecule has 0 fully saturated rings. The number of unbranched alkanes of at least 4 members (excludes halogenated alkanes) is 4. The Labute approximate surface area is 144 Å². The normalized spacial score (nSPS) is 10.9. The van der Waals surface area contributed by atoms with Crippen LogP contribution in [0.1, 0.15) is 57.2 Å². The number of carbonyl (C=O) groups is 1. The van der Waals surface area contributed by atoms with Gasteiger partial charge in [-0.15, -0.1) is 0 Å². The van der Waals surface area contributed by atoms with Crippen molar-refractivity contribution in [2.75, 3.05) is 0 Å². The molecule has 0 unspecified atom stereocenters. The standard InChI is InChI=1S/C14H20O4S.Na.H/c1-2-3-4-5-6-7-14(15)12-8-10-13(11-9-12)19(16,17)18;;/h8-11H,2-7H2,1H3,(H,16,17,18);;/q;+1;-1. The first kappa shape index (κ1) is 19.8. The van der Waals surface area contributed by atoms with E-state index < -0.39 is 10.1 Å². The van der Waals surface area contributed by atoms with Gasteiger partial charge < -0.3 is 1.43 Å². The molecule has 108 valence electrons. The van der Waals surface area contributed by atoms with Gasteiger partial charge >= 0.3 is 29.6 Å². The van der Waals surface area contributed by atoms with Crippen molar-refractivity contribution in [3.8, 4) is 0 Å². The molecule has 0 atom stereocenters. The molecule has 0 heterocycles. The third kappa shape index (κ3) is 6.99. The van der Waals surface area contributed by atoms with Crippen molar-refractivity contribution in [2.45, 2.75) is 50.3 Å². The zero-order valence-electron chi connectivity index (χ0n) is 13.1. The van der Waals surface area contributed by atoms with Crippen LogP contribution in [-0.2, 0) is 10.1 Å². The fourth-order valence-corrected chi connectivity index (χ4v) is 2.33. The third-order valence-electron chi connectivity index (χ3n) is 2.98. The van der Waals surface area contributed by atoms with Crippen molar-refractivity contribution in [3.05, 3.63) is 29.8 Å². The van der Waals surface area contributed by atoms with Crippen LogP contribution in [0.4, 0.5) is 0 Å². The molecule has 0 spiro atoms. The quantitative estimate of drug-likeness (QED) is 0.330. The number of rotatable bonds is 8. The summed E-state index contributed by atoms with van der Waals surface area (Å²) in [6.45, 7) is 2.14. The van der Waals surface area contributed by atoms with Gasteiger partial charge in [-0.2, -0.15) is 8.42 Å². The van der Waals surface area contributed by atoms with Crippen LogP contribution in [0.2, 0.25) is 0 Å². The molecular formula is C14H21NaO4S. The minimum absolute atomic E-state index is 0. The molecule has 0 aliphatic carbocycles. The molecule has 1 aromatic rings. The molecule has 1 aromatic carbocycles. The second-order valence-corrected chi connectivity index (χ2v) is 6.01. The molecule has 0 aliphatic heterocycles. The maximum atomic E-state index is 11.8. The monoisotopic (exact) mass is 308 g/mol. The zero-order valence-corrected chi connectivity index (χ0v) is 14.9. The minimum Gasteiger partial charge on any atom is -1.00 e. The van der Waals surface area contributed by atoms with Crippen LogP contribution in [-0.4, -0.2) is 18.8 Å². The van der Waals surface area contributed by atoms with Gasteiger partial charge in [0.05, 0.1) is 4.90 Å². The summed E-state index contributed by atoms with van der Waals surface area (Å²) in [5.74, 6) is 0.0124. The molecule has 0 bridgehead atoms. The Morgan fingerprint density at radius 1 is 1.10 bits per heavy atom. The Balaban J connectivity index is 0. The average molecular weight is 308 g/mol. The number of carbonyl (C=O) groups excluding carboxylic acids is 1. The van der Waals surface area contributed by atoms with E-state index in [4.69, 9.17) is 4.55 Å². The number of hydrogen-bond donors (Lipinski definition) is 1. The molecular weight excluding hydrogens is 287 g/mol. The van der Waals surface area contributed by atoms with Gasteiger partial charge in [0.2, 0.25) is 0 Å². The molecule has 6 heteroatoms. The molecule has 0 saturated heterocycles. The maximum Gasteiger partial charge on any atom is 1.00 e. The predicted molar refractivity (Wildman–Crippen MR) is 75.1 cm³/mol. The van der Waals surface area contributed by atoms with Crippen molar-refractivity contribution in [1.29, 1.82) is 0 Å². The van der Waals surface area contributed by atoms with Gasteiger partial charge in [0.1, 0.15) is 0 Å². The molecule has 0 aromatic heterocycles. The third-order valence-corrected chi connectivity index (χ3v) is 3.85. The SMILES string of the molecule is CCCCCCCC(=O)c1ccc(S(=O)(=O)O)cc1.[H-].[Na+]. The Morgan fingerprint density at radius 2 is 1.65 bits per heavy atom. The fraction of sp³-hybridized carbons (Fsp3) is 0.500. The van der Waals surface area contributed by atoms with E-state index in [2.05, 4.69) is 6.92 Å². The summed E-state index contributed by atoms with van der Waals surface area (Å²) in [6, 6.07) is 5.38. The summed E-state index contributed by atoms with van der Waals surface area (Å²) in [4.78, 5) is 11.6. The van der Waals surface area contributed by atoms with E-state index in [0.717, 1.165) is 19.3 Å². The summed E-state index contributed by atoms with van der Waals surface area (Å²) in [5.41, 5.74) is 0.489. The molecule has 1 rings (SSSR count). The second kappa shape index (κ2) is 9.68. The van der Waals surface area contributed by atoms with E-state index in [1.54, 1.807) is 0 Å². The van der Waals surface area contributed by atoms with E-state index in [0.29, 0.717) is 12.0 Å². The van der Waals surface area contributed by atoms with Gasteiger partial charge in [-0.1, -0.05) is 44.7 Å². The molecule has 0 amide bonds. The van der Waals surface area contributed by atoms with Crippen LogP contribution in [0.25, 0.3) is 0 Å². The molecule has 4 nitrogen and oxygen atoms in total. The fourth-order valence-electron chi connectivity index (χ4n) is 1.85. The van der Waals surface area contributed by atoms with Gasteiger partial charge in [-0.05, 0) is 18.6 Å². The first-order chi connectivity index (χ1) is 8.95. The Morgan fingerprint density at radius 3 is 2.15 bits per heavy atom. The van der Waals surface area contributed by atoms with Gasteiger partial charge in [-0.3, -0.25) is 9.35 Å². The van der Waals surface area contributed by atoms with Crippen LogP contribution < -0.4 is 29.6 Å². The zero-order chi connectivity index (χ0) is 14.3. The molecule has 1 N–H and O–H groups in total. The Kier molecular flexibility index (Phi) is 9.59. The van der Waals surface area contributed by atoms with Gasteiger partial charge in [-0.25, -0.2) is 0 Å². The van der Waals surface area contributed by atoms with Crippen LogP contribution in [0.3, 0.4) is 0 Å². The number of Topliss-reactive ketones (excluding diaryl/α,β-unsaturated/α-hetero) is 1. The van der Waals surface area contributed by atoms with Crippen LogP contribution in [0.5, 0.6) is 0 Å². The number of hydrogen-bond acceptors (Lipinski definition) is 3. The molecule has 0 aliphatic rings. The topological polar surface area (TPSA) is 71.4 Å². The number of benzene rings is 1. The van der Waals surface area contributed by atoms with Gasteiger partial charge in [0, 0.05) is 12.0 Å². The van der Waals surface area contributed by atoms with Gasteiger partial charge in [0.15, 0.2) is 5.78 Å². The summed E-state index contributed by atoms with van der Waals surface area (Å²) in [7, 11) is -4.18. The van der Waals surface area contributed by atoms with Crippen molar-refractivity contribution < 1.29 is 48.7 Å². The predicted octanol–water partition coefficient (Wildman–Crippen LogP) is 0.593. The van der Waals surface area contributed by atoms with E-state index in [1.165, 1.54) is 37.1 Å². The van der Waals surface area contributed by atoms with Crippen LogP contribution in [0, 0.1) is 0 Å². The summed E-state index contributed by atoms with van der Waals surface area (Å²) < 4.78 is 30.5. The average Bonchev–Trinajstić information content (AvgIpc) is 2.37. The summed E-state index contributed by atoms with van der Waals surface area (Å²) in [5, 5.41) is 0. The van der Waals surface area contributed by atoms with E-state index in [9.17, 15) is 13.2 Å². The van der Waals surface area contributed by atoms with Crippen molar-refractivity contribution in [3.63, 3.8) is 0 Å². The molecule has 0 radical (unpaired) electrons. The largest absolute Gasteiger partial charge is 1.00 e. The smallest absolute Gasteiger partial charge is 1.00 e. The van der Waals surface area contributed by atoms with Crippen molar-refractivity contribution in [2.24, 2.45) is 0 Å². The van der Waals surface area contributed by atoms with Crippen molar-refractivity contribution >= 4 is 15.9 Å². The summed E-state index contributed by atoms with van der Waals surface area (Å²) >= 11 is 0. The van der Waals surface area contributed by atoms with Crippen molar-refractivity contribution in [1.82, 2.24) is 0 Å². The minimum atomic E-state index is -4.18. The first-order valence-electron chi connectivity index (χ1n) is 6.56. The van der Waals surface area contributed by atoms with E-state index in [1.807, 2.05) is 0 Å². The first-order valence-corrected chi connectivity index (χ1v) is 8.00. The molecule has 20 heavy (non-hydrogen) atoms. The Bertz CT molecular complexity index is 514. The summed E-state index contributed by atoms with van der Waals surface area (Å²) in [6.07, 6.45) is 5.89. The number of ketones is 1. The molecule has 0 saturated carbocycles. The van der Waals surface area contributed by atoms with Crippen LogP contribution >= 0.6 is 0 Å². The van der Waals surface area contributed by atoms with Crippen LogP contribution in [0.15, 0.2) is 29.2 Å². The maximum absolute atomic E-state index is 11.8. The second-order valence-electron chi connectivity index (χ2n) is 4.59. The Hall–Kier alpha value is -0.200.